The van der Waals surface area contributed by atoms with Crippen LogP contribution < -0.4 is 36.2 Å². The second-order valence-electron chi connectivity index (χ2n) is 13.5. The predicted molar refractivity (Wildman–Crippen MR) is 208 cm³/mol. The van der Waals surface area contributed by atoms with Crippen LogP contribution in [0.2, 0.25) is 0 Å². The molecule has 2 aromatic heterocycles. The first-order chi connectivity index (χ1) is 23.5. The van der Waals surface area contributed by atoms with Gasteiger partial charge in [0, 0.05) is 43.8 Å². The van der Waals surface area contributed by atoms with E-state index in [0.29, 0.717) is 0 Å². The minimum Gasteiger partial charge on any atom is -0.311 e. The van der Waals surface area contributed by atoms with E-state index < -0.39 is 8.07 Å². The maximum Gasteiger partial charge on any atom is 0.185 e. The monoisotopic (exact) mass is 630 g/mol. The number of nitrogens with zero attached hydrogens (tertiary/aromatic N) is 2. The van der Waals surface area contributed by atoms with Gasteiger partial charge in [0.05, 0.1) is 11.0 Å². The third-order valence-corrected chi connectivity index (χ3v) is 15.8. The Morgan fingerprint density at radius 1 is 0.604 bits per heavy atom. The summed E-state index contributed by atoms with van der Waals surface area (Å²) in [6.07, 6.45) is 6.37. The number of benzene rings is 6. The molecule has 1 spiro atoms. The lowest BCUT2D eigenvalue weighted by Crippen LogP contribution is -2.75. The quantitative estimate of drug-likeness (QED) is 0.183. The molecule has 0 amide bonds. The lowest BCUT2D eigenvalue weighted by molar-refractivity contribution is 1.22. The van der Waals surface area contributed by atoms with Crippen molar-refractivity contribution in [1.29, 1.82) is 0 Å². The summed E-state index contributed by atoms with van der Waals surface area (Å²) in [7, 11) is -2.63. The molecule has 0 saturated carbocycles. The highest BCUT2D eigenvalue weighted by Crippen LogP contribution is 2.43. The van der Waals surface area contributed by atoms with E-state index in [1.165, 1.54) is 92.5 Å². The Labute approximate surface area is 281 Å². The first kappa shape index (κ1) is 27.5. The Kier molecular flexibility index (Phi) is 5.55. The molecule has 0 atom stereocenters. The van der Waals surface area contributed by atoms with E-state index in [-0.39, 0.29) is 0 Å². The van der Waals surface area contributed by atoms with E-state index in [1.807, 2.05) is 0 Å². The number of para-hydroxylation sites is 1. The van der Waals surface area contributed by atoms with Gasteiger partial charge in [-0.1, -0.05) is 127 Å². The molecule has 6 aromatic carbocycles. The Balaban J connectivity index is 1.30. The minimum absolute atomic E-state index is 1.04. The van der Waals surface area contributed by atoms with Gasteiger partial charge in [-0.25, -0.2) is 0 Å². The summed E-state index contributed by atoms with van der Waals surface area (Å²) in [6.45, 7) is 11.1. The maximum atomic E-state index is 4.57. The van der Waals surface area contributed by atoms with Gasteiger partial charge < -0.3 is 9.30 Å². The van der Waals surface area contributed by atoms with Crippen LogP contribution in [0.5, 0.6) is 0 Å². The van der Waals surface area contributed by atoms with Gasteiger partial charge in [-0.2, -0.15) is 0 Å². The van der Waals surface area contributed by atoms with Crippen molar-refractivity contribution in [2.75, 3.05) is 4.90 Å². The summed E-state index contributed by atoms with van der Waals surface area (Å²) in [5, 5.41) is 11.9. The number of hydrogen-bond acceptors (Lipinski definition) is 1. The molecule has 2 aliphatic heterocycles. The number of hydrogen-bond donors (Lipinski definition) is 0. The fraction of sp³-hybridized carbons (Fsp3) is 0.0667. The van der Waals surface area contributed by atoms with Gasteiger partial charge in [-0.05, 0) is 83.0 Å². The summed E-state index contributed by atoms with van der Waals surface area (Å²) in [4.78, 5) is 2.54. The van der Waals surface area contributed by atoms with Crippen LogP contribution in [-0.2, 0) is 0 Å². The van der Waals surface area contributed by atoms with Crippen molar-refractivity contribution in [3.63, 3.8) is 0 Å². The lowest BCUT2D eigenvalue weighted by Gasteiger charge is -2.44. The molecule has 0 radical (unpaired) electrons. The highest BCUT2D eigenvalue weighted by molar-refractivity contribution is 7.23. The first-order valence-electron chi connectivity index (χ1n) is 16.8. The Bertz CT molecular complexity index is 2700. The zero-order valence-corrected chi connectivity index (χ0v) is 28.4. The van der Waals surface area contributed by atoms with Gasteiger partial charge in [0.1, 0.15) is 0 Å². The van der Waals surface area contributed by atoms with Crippen molar-refractivity contribution >= 4 is 85.7 Å². The van der Waals surface area contributed by atoms with Gasteiger partial charge in [0.15, 0.2) is 8.07 Å². The van der Waals surface area contributed by atoms with Gasteiger partial charge in [0.25, 0.3) is 0 Å². The van der Waals surface area contributed by atoms with Crippen molar-refractivity contribution < 1.29 is 0 Å². The number of rotatable bonds is 2. The summed E-state index contributed by atoms with van der Waals surface area (Å²) in [5.41, 5.74) is 11.6. The molecule has 228 valence electrons. The SMILES string of the molecule is C=c1/c(=C\C=C/C)c2cccc3c4cc(N5c6ccc(C)cc6[Si]6(c7ccccc7-c7ccccc76)c6cc(C)ccc65)ccc4n1c23. The van der Waals surface area contributed by atoms with Crippen LogP contribution in [0.15, 0.2) is 133 Å². The van der Waals surface area contributed by atoms with Crippen molar-refractivity contribution in [3.8, 4) is 11.1 Å². The van der Waals surface area contributed by atoms with Crippen LogP contribution in [0, 0.1) is 13.8 Å². The molecule has 48 heavy (non-hydrogen) atoms. The van der Waals surface area contributed by atoms with Crippen molar-refractivity contribution in [2.45, 2.75) is 20.8 Å². The third-order valence-electron chi connectivity index (χ3n) is 10.9. The molecule has 2 aliphatic rings. The van der Waals surface area contributed by atoms with Crippen LogP contribution >= 0.6 is 0 Å². The standard InChI is InChI=1S/C45H34N2Si/c1-5-6-12-32-30(4)46-38-24-21-31(27-37(38)36-16-11-15-35(32)45(36)46)47-39-22-19-28(2)25-43(39)48(44-26-29(3)20-23-40(44)47)41-17-9-7-13-33(41)34-14-8-10-18-42(34)48/h5-27H,4H2,1-3H3/b6-5-,32-12+. The number of fused-ring (bicyclic) bond motifs is 12. The van der Waals surface area contributed by atoms with E-state index in [2.05, 4.69) is 176 Å². The van der Waals surface area contributed by atoms with Crippen LogP contribution in [0.25, 0.3) is 51.0 Å². The van der Waals surface area contributed by atoms with Crippen molar-refractivity contribution in [2.24, 2.45) is 0 Å². The van der Waals surface area contributed by atoms with Crippen LogP contribution in [0.4, 0.5) is 17.1 Å². The molecule has 0 fully saturated rings. The molecular weight excluding hydrogens is 597 g/mol. The fourth-order valence-corrected chi connectivity index (χ4v) is 14.7. The fourth-order valence-electron chi connectivity index (χ4n) is 9.01. The van der Waals surface area contributed by atoms with E-state index in [0.717, 1.165) is 5.35 Å². The first-order valence-corrected chi connectivity index (χ1v) is 18.8. The summed E-state index contributed by atoms with van der Waals surface area (Å²) in [6, 6.07) is 46.4. The summed E-state index contributed by atoms with van der Waals surface area (Å²) >= 11 is 0. The Hall–Kier alpha value is -5.64. The molecule has 0 unspecified atom stereocenters. The maximum absolute atomic E-state index is 4.57. The number of aryl methyl sites for hydroxylation is 2. The molecule has 0 aliphatic carbocycles. The number of aromatic nitrogens is 1. The largest absolute Gasteiger partial charge is 0.311 e. The van der Waals surface area contributed by atoms with E-state index in [9.17, 15) is 0 Å². The van der Waals surface area contributed by atoms with Crippen molar-refractivity contribution in [3.05, 3.63) is 155 Å². The molecule has 0 saturated heterocycles. The number of anilines is 3. The highest BCUT2D eigenvalue weighted by atomic mass is 28.3. The Morgan fingerprint density at radius 2 is 1.23 bits per heavy atom. The molecule has 3 heteroatoms. The average Bonchev–Trinajstić information content (AvgIpc) is 3.71. The van der Waals surface area contributed by atoms with Crippen LogP contribution in [0.3, 0.4) is 0 Å². The van der Waals surface area contributed by atoms with Gasteiger partial charge in [-0.3, -0.25) is 0 Å². The second kappa shape index (κ2) is 9.69. The molecule has 0 bridgehead atoms. The summed E-state index contributed by atoms with van der Waals surface area (Å²) in [5.74, 6) is 0. The molecule has 0 N–H and O–H groups in total. The predicted octanol–water partition coefficient (Wildman–Crippen LogP) is 7.21. The lowest BCUT2D eigenvalue weighted by atomic mass is 10.1. The molecule has 4 heterocycles. The van der Waals surface area contributed by atoms with Crippen molar-refractivity contribution in [1.82, 2.24) is 4.40 Å². The van der Waals surface area contributed by atoms with Crippen LogP contribution in [-0.4, -0.2) is 12.5 Å². The average molecular weight is 631 g/mol. The minimum atomic E-state index is -2.63. The molecule has 2 nitrogen and oxygen atoms in total. The molecule has 8 aromatic rings. The summed E-state index contributed by atoms with van der Waals surface area (Å²) < 4.78 is 2.36. The van der Waals surface area contributed by atoms with E-state index in [4.69, 9.17) is 0 Å². The topological polar surface area (TPSA) is 7.65 Å². The molecular formula is C45H34N2Si. The zero-order chi connectivity index (χ0) is 32.3. The second-order valence-corrected chi connectivity index (χ2v) is 17.2. The van der Waals surface area contributed by atoms with Gasteiger partial charge in [-0.15, -0.1) is 0 Å². The normalized spacial score (nSPS) is 14.8. The smallest absolute Gasteiger partial charge is 0.185 e. The van der Waals surface area contributed by atoms with E-state index in [1.54, 1.807) is 0 Å². The zero-order valence-electron chi connectivity index (χ0n) is 27.4. The van der Waals surface area contributed by atoms with E-state index >= 15 is 0 Å². The number of allylic oxidation sites excluding steroid dienone is 2. The third kappa shape index (κ3) is 3.31. The van der Waals surface area contributed by atoms with Gasteiger partial charge >= 0.3 is 0 Å². The van der Waals surface area contributed by atoms with Gasteiger partial charge in [0.2, 0.25) is 0 Å². The molecule has 10 rings (SSSR count). The Morgan fingerprint density at radius 3 is 1.88 bits per heavy atom. The highest BCUT2D eigenvalue weighted by Gasteiger charge is 2.54. The van der Waals surface area contributed by atoms with Crippen LogP contribution in [0.1, 0.15) is 18.1 Å².